The van der Waals surface area contributed by atoms with Gasteiger partial charge < -0.3 is 14.8 Å². The van der Waals surface area contributed by atoms with Gasteiger partial charge in [-0.15, -0.1) is 0 Å². The molecular weight excluding hydrogens is 378 g/mol. The Morgan fingerprint density at radius 3 is 2.00 bits per heavy atom. The van der Waals surface area contributed by atoms with Crippen molar-refractivity contribution in [1.29, 1.82) is 0 Å². The van der Waals surface area contributed by atoms with Crippen molar-refractivity contribution in [2.24, 2.45) is 0 Å². The van der Waals surface area contributed by atoms with Gasteiger partial charge in [-0.3, -0.25) is 4.79 Å². The summed E-state index contributed by atoms with van der Waals surface area (Å²) >= 11 is 0. The van der Waals surface area contributed by atoms with Crippen molar-refractivity contribution in [3.63, 3.8) is 0 Å². The molecule has 3 aromatic rings. The van der Waals surface area contributed by atoms with E-state index in [0.717, 1.165) is 11.4 Å². The maximum atomic E-state index is 12.5. The number of amides is 1. The van der Waals surface area contributed by atoms with E-state index < -0.39 is 6.10 Å². The van der Waals surface area contributed by atoms with Crippen LogP contribution in [0.15, 0.2) is 54.6 Å². The van der Waals surface area contributed by atoms with E-state index in [4.69, 9.17) is 9.47 Å². The van der Waals surface area contributed by atoms with Crippen molar-refractivity contribution in [3.05, 3.63) is 71.5 Å². The molecule has 0 spiro atoms. The van der Waals surface area contributed by atoms with Crippen molar-refractivity contribution < 1.29 is 14.3 Å². The molecule has 0 saturated heterocycles. The fraction of sp³-hybridized carbons (Fsp3) is 0.292. The lowest BCUT2D eigenvalue weighted by Gasteiger charge is -2.15. The molecule has 0 aliphatic rings. The molecule has 1 unspecified atom stereocenters. The number of hydrogen-bond acceptors (Lipinski definition) is 5. The van der Waals surface area contributed by atoms with Gasteiger partial charge in [0.2, 0.25) is 0 Å². The molecule has 0 radical (unpaired) electrons. The van der Waals surface area contributed by atoms with E-state index >= 15 is 0 Å². The predicted molar refractivity (Wildman–Crippen MR) is 117 cm³/mol. The Morgan fingerprint density at radius 2 is 1.43 bits per heavy atom. The van der Waals surface area contributed by atoms with E-state index in [1.54, 1.807) is 31.2 Å². The number of carbonyl (C=O) groups is 1. The number of anilines is 1. The summed E-state index contributed by atoms with van der Waals surface area (Å²) < 4.78 is 11.4. The number of carbonyl (C=O) groups excluding carboxylic acids is 1. The van der Waals surface area contributed by atoms with Gasteiger partial charge in [-0.25, -0.2) is 9.97 Å². The molecule has 0 aliphatic heterocycles. The molecule has 0 saturated carbocycles. The molecule has 0 aliphatic carbocycles. The highest BCUT2D eigenvalue weighted by Gasteiger charge is 2.15. The van der Waals surface area contributed by atoms with Gasteiger partial charge in [0.1, 0.15) is 11.5 Å². The van der Waals surface area contributed by atoms with Crippen molar-refractivity contribution in [2.45, 2.75) is 46.6 Å². The van der Waals surface area contributed by atoms with E-state index in [1.807, 2.05) is 44.2 Å². The zero-order valence-electron chi connectivity index (χ0n) is 18.0. The van der Waals surface area contributed by atoms with Crippen molar-refractivity contribution in [2.75, 3.05) is 5.32 Å². The first kappa shape index (κ1) is 21.3. The molecule has 1 aromatic heterocycles. The number of aromatic nitrogens is 2. The molecule has 6 heteroatoms. The summed E-state index contributed by atoms with van der Waals surface area (Å²) in [5, 5.41) is 2.85. The second-order valence-electron chi connectivity index (χ2n) is 7.53. The molecule has 6 nitrogen and oxygen atoms in total. The van der Waals surface area contributed by atoms with E-state index in [-0.39, 0.29) is 5.91 Å². The number of rotatable bonds is 7. The number of hydrogen-bond donors (Lipinski definition) is 1. The lowest BCUT2D eigenvalue weighted by molar-refractivity contribution is -0.122. The minimum Gasteiger partial charge on any atom is -0.481 e. The van der Waals surface area contributed by atoms with Gasteiger partial charge in [-0.2, -0.15) is 0 Å². The van der Waals surface area contributed by atoms with Crippen LogP contribution in [0.25, 0.3) is 0 Å². The van der Waals surface area contributed by atoms with Crippen LogP contribution < -0.4 is 14.8 Å². The second-order valence-corrected chi connectivity index (χ2v) is 7.53. The third-order valence-electron chi connectivity index (χ3n) is 4.52. The Balaban J connectivity index is 1.56. The van der Waals surface area contributed by atoms with Crippen LogP contribution in [0.1, 0.15) is 43.6 Å². The first-order valence-corrected chi connectivity index (χ1v) is 9.98. The molecule has 1 heterocycles. The van der Waals surface area contributed by atoms with Crippen molar-refractivity contribution >= 4 is 11.6 Å². The molecule has 1 atom stereocenters. The lowest BCUT2D eigenvalue weighted by Crippen LogP contribution is -2.30. The second kappa shape index (κ2) is 9.39. The van der Waals surface area contributed by atoms with Gasteiger partial charge >= 0.3 is 6.01 Å². The SMILES string of the molecule is Cc1cc(C)nc(Oc2ccc(NC(=O)C(C)Oc3ccc(C(C)C)cc3)cc2)n1. The molecule has 1 N–H and O–H groups in total. The summed E-state index contributed by atoms with van der Waals surface area (Å²) in [5.74, 6) is 1.48. The van der Waals surface area contributed by atoms with E-state index in [1.165, 1.54) is 5.56 Å². The third-order valence-corrected chi connectivity index (χ3v) is 4.52. The normalized spacial score (nSPS) is 11.8. The molecule has 0 fully saturated rings. The summed E-state index contributed by atoms with van der Waals surface area (Å²) in [5.41, 5.74) is 3.57. The van der Waals surface area contributed by atoms with Crippen molar-refractivity contribution in [3.8, 4) is 17.5 Å². The Hall–Kier alpha value is -3.41. The number of benzene rings is 2. The predicted octanol–water partition coefficient (Wildman–Crippen LogP) is 5.42. The van der Waals surface area contributed by atoms with Gasteiger partial charge in [-0.1, -0.05) is 26.0 Å². The summed E-state index contributed by atoms with van der Waals surface area (Å²) in [7, 11) is 0. The van der Waals surface area contributed by atoms with Crippen LogP contribution in [0.2, 0.25) is 0 Å². The average Bonchev–Trinajstić information content (AvgIpc) is 2.69. The van der Waals surface area contributed by atoms with Crippen LogP contribution in [-0.2, 0) is 4.79 Å². The Morgan fingerprint density at radius 1 is 0.867 bits per heavy atom. The molecule has 30 heavy (non-hydrogen) atoms. The summed E-state index contributed by atoms with van der Waals surface area (Å²) in [6.07, 6.45) is -0.630. The Kier molecular flexibility index (Phi) is 6.67. The fourth-order valence-electron chi connectivity index (χ4n) is 2.88. The van der Waals surface area contributed by atoms with Gasteiger partial charge in [0.15, 0.2) is 6.10 Å². The van der Waals surface area contributed by atoms with E-state index in [0.29, 0.717) is 29.1 Å². The highest BCUT2D eigenvalue weighted by Crippen LogP contribution is 2.22. The van der Waals surface area contributed by atoms with Crippen LogP contribution in [-0.4, -0.2) is 22.0 Å². The minimum atomic E-state index is -0.630. The summed E-state index contributed by atoms with van der Waals surface area (Å²) in [4.78, 5) is 21.0. The topological polar surface area (TPSA) is 73.3 Å². The minimum absolute atomic E-state index is 0.228. The Labute approximate surface area is 177 Å². The first-order valence-electron chi connectivity index (χ1n) is 9.98. The van der Waals surface area contributed by atoms with Crippen LogP contribution in [0, 0.1) is 13.8 Å². The summed E-state index contributed by atoms with van der Waals surface area (Å²) in [6.45, 7) is 9.78. The average molecular weight is 405 g/mol. The number of nitrogens with zero attached hydrogens (tertiary/aromatic N) is 2. The van der Waals surface area contributed by atoms with Crippen LogP contribution in [0.5, 0.6) is 17.5 Å². The standard InChI is InChI=1S/C24H27N3O3/c1-15(2)19-6-10-21(11-7-19)29-18(5)23(28)27-20-8-12-22(13-9-20)30-24-25-16(3)14-17(4)26-24/h6-15,18H,1-5H3,(H,27,28). The zero-order valence-corrected chi connectivity index (χ0v) is 18.0. The molecule has 1 amide bonds. The smallest absolute Gasteiger partial charge is 0.322 e. The zero-order chi connectivity index (χ0) is 21.7. The van der Waals surface area contributed by atoms with E-state index in [2.05, 4.69) is 29.1 Å². The number of aryl methyl sites for hydroxylation is 2. The highest BCUT2D eigenvalue weighted by molar-refractivity contribution is 5.94. The van der Waals surface area contributed by atoms with E-state index in [9.17, 15) is 4.79 Å². The molecule has 3 rings (SSSR count). The molecular formula is C24H27N3O3. The molecule has 0 bridgehead atoms. The number of nitrogens with one attached hydrogen (secondary N) is 1. The Bertz CT molecular complexity index is 979. The molecule has 156 valence electrons. The lowest BCUT2D eigenvalue weighted by atomic mass is 10.0. The summed E-state index contributed by atoms with van der Waals surface area (Å²) in [6, 6.07) is 17.0. The third kappa shape index (κ3) is 5.80. The van der Waals surface area contributed by atoms with Crippen molar-refractivity contribution in [1.82, 2.24) is 9.97 Å². The van der Waals surface area contributed by atoms with Crippen LogP contribution >= 0.6 is 0 Å². The van der Waals surface area contributed by atoms with Gasteiger partial charge in [-0.05, 0) is 74.7 Å². The first-order chi connectivity index (χ1) is 14.3. The van der Waals surface area contributed by atoms with Gasteiger partial charge in [0, 0.05) is 17.1 Å². The fourth-order valence-corrected chi connectivity index (χ4v) is 2.88. The van der Waals surface area contributed by atoms with Crippen LogP contribution in [0.3, 0.4) is 0 Å². The van der Waals surface area contributed by atoms with Crippen LogP contribution in [0.4, 0.5) is 5.69 Å². The number of ether oxygens (including phenoxy) is 2. The van der Waals surface area contributed by atoms with Gasteiger partial charge in [0.25, 0.3) is 5.91 Å². The quantitative estimate of drug-likeness (QED) is 0.568. The molecule has 2 aromatic carbocycles. The largest absolute Gasteiger partial charge is 0.481 e. The highest BCUT2D eigenvalue weighted by atomic mass is 16.5. The maximum absolute atomic E-state index is 12.5. The maximum Gasteiger partial charge on any atom is 0.322 e. The van der Waals surface area contributed by atoms with Gasteiger partial charge in [0.05, 0.1) is 0 Å². The monoisotopic (exact) mass is 405 g/mol.